The molecule has 2 saturated carbocycles. The van der Waals surface area contributed by atoms with Gasteiger partial charge in [0, 0.05) is 49.0 Å². The standard InChI is InChI=1S/C27H32F2N10O2S/c28-25(29)38-10-6-21(37-38)20-13-33-27(30,11-22(20)35-18-3-7-26(8-4-18)15-31-16-26)23-5-9-32-24(36-23)17-12-34-39(14-17)42(40,41)19-1-2-19/h5-6,9-14,18-19,25,31,33,35H,1-4,7-8,15-16,30H2. The highest BCUT2D eigenvalue weighted by Crippen LogP contribution is 2.40. The van der Waals surface area contributed by atoms with Crippen LogP contribution in [0.5, 0.6) is 0 Å². The van der Waals surface area contributed by atoms with Crippen LogP contribution in [0.4, 0.5) is 8.78 Å². The number of hydrogen-bond acceptors (Lipinski definition) is 10. The van der Waals surface area contributed by atoms with E-state index < -0.39 is 27.5 Å². The Labute approximate surface area is 241 Å². The number of aromatic nitrogens is 6. The van der Waals surface area contributed by atoms with Crippen molar-refractivity contribution in [3.05, 3.63) is 66.3 Å². The second kappa shape index (κ2) is 9.95. The fourth-order valence-corrected chi connectivity index (χ4v) is 7.40. The summed E-state index contributed by atoms with van der Waals surface area (Å²) in [4.78, 5) is 8.99. The van der Waals surface area contributed by atoms with Crippen LogP contribution in [-0.4, -0.2) is 61.7 Å². The quantitative estimate of drug-likeness (QED) is 0.302. The summed E-state index contributed by atoms with van der Waals surface area (Å²) in [6, 6.07) is 3.41. The second-order valence-electron chi connectivity index (χ2n) is 11.7. The van der Waals surface area contributed by atoms with E-state index in [9.17, 15) is 17.2 Å². The summed E-state index contributed by atoms with van der Waals surface area (Å²) in [5, 5.41) is 17.9. The predicted octanol–water partition coefficient (Wildman–Crippen LogP) is 2.03. The lowest BCUT2D eigenvalue weighted by Gasteiger charge is -2.48. The van der Waals surface area contributed by atoms with E-state index in [-0.39, 0.29) is 11.9 Å². The first kappa shape index (κ1) is 27.2. The molecule has 222 valence electrons. The van der Waals surface area contributed by atoms with Crippen LogP contribution in [0.25, 0.3) is 17.0 Å². The molecule has 1 spiro atoms. The van der Waals surface area contributed by atoms with Crippen LogP contribution >= 0.6 is 0 Å². The molecule has 0 bridgehead atoms. The van der Waals surface area contributed by atoms with Crippen molar-refractivity contribution >= 4 is 15.6 Å². The largest absolute Gasteiger partial charge is 0.382 e. The van der Waals surface area contributed by atoms with Crippen molar-refractivity contribution in [3.63, 3.8) is 0 Å². The summed E-state index contributed by atoms with van der Waals surface area (Å²) < 4.78 is 53.4. The first-order valence-electron chi connectivity index (χ1n) is 14.1. The molecule has 12 nitrogen and oxygen atoms in total. The van der Waals surface area contributed by atoms with E-state index in [0.29, 0.717) is 51.2 Å². The Morgan fingerprint density at radius 3 is 2.60 bits per heavy atom. The molecule has 3 fully saturated rings. The topological polar surface area (TPSA) is 158 Å². The number of halogens is 2. The molecular weight excluding hydrogens is 566 g/mol. The summed E-state index contributed by atoms with van der Waals surface area (Å²) in [5.74, 6) is 0.274. The molecule has 5 heterocycles. The van der Waals surface area contributed by atoms with Crippen molar-refractivity contribution in [1.29, 1.82) is 0 Å². The minimum absolute atomic E-state index is 0.186. The predicted molar refractivity (Wildman–Crippen MR) is 150 cm³/mol. The van der Waals surface area contributed by atoms with Crippen molar-refractivity contribution in [2.45, 2.75) is 62.0 Å². The summed E-state index contributed by atoms with van der Waals surface area (Å²) in [6.07, 6.45) is 14.5. The molecule has 2 aliphatic carbocycles. The monoisotopic (exact) mass is 598 g/mol. The third-order valence-corrected chi connectivity index (χ3v) is 10.7. The zero-order valence-corrected chi connectivity index (χ0v) is 23.6. The molecule has 0 radical (unpaired) electrons. The lowest BCUT2D eigenvalue weighted by molar-refractivity contribution is 0.0565. The first-order chi connectivity index (χ1) is 20.1. The van der Waals surface area contributed by atoms with Crippen LogP contribution in [-0.2, 0) is 15.7 Å². The maximum absolute atomic E-state index is 13.3. The van der Waals surface area contributed by atoms with Gasteiger partial charge in [-0.2, -0.15) is 23.1 Å². The van der Waals surface area contributed by atoms with Gasteiger partial charge in [-0.15, -0.1) is 0 Å². The Morgan fingerprint density at radius 1 is 1.14 bits per heavy atom. The van der Waals surface area contributed by atoms with Crippen molar-refractivity contribution in [1.82, 2.24) is 44.9 Å². The fourth-order valence-electron chi connectivity index (χ4n) is 5.92. The van der Waals surface area contributed by atoms with E-state index in [4.69, 9.17) is 5.73 Å². The molecule has 42 heavy (non-hydrogen) atoms. The molecule has 0 aromatic carbocycles. The number of nitrogens with zero attached hydrogens (tertiary/aromatic N) is 6. The number of rotatable bonds is 8. The van der Waals surface area contributed by atoms with E-state index in [1.165, 1.54) is 18.6 Å². The molecule has 7 rings (SSSR count). The van der Waals surface area contributed by atoms with Gasteiger partial charge in [-0.3, -0.25) is 0 Å². The molecule has 3 aromatic rings. The van der Waals surface area contributed by atoms with Crippen molar-refractivity contribution in [2.75, 3.05) is 13.1 Å². The highest BCUT2D eigenvalue weighted by atomic mass is 32.2. The van der Waals surface area contributed by atoms with Crippen molar-refractivity contribution < 1.29 is 17.2 Å². The van der Waals surface area contributed by atoms with Gasteiger partial charge in [0.2, 0.25) is 0 Å². The molecule has 1 atom stereocenters. The van der Waals surface area contributed by atoms with Crippen LogP contribution in [0.15, 0.2) is 54.9 Å². The van der Waals surface area contributed by atoms with Crippen LogP contribution in [0.1, 0.15) is 56.5 Å². The highest BCUT2D eigenvalue weighted by molar-refractivity contribution is 7.90. The molecule has 0 amide bonds. The molecule has 1 unspecified atom stereocenters. The Hall–Kier alpha value is -3.69. The lowest BCUT2D eigenvalue weighted by Crippen LogP contribution is -2.56. The molecule has 3 aromatic heterocycles. The van der Waals surface area contributed by atoms with Crippen molar-refractivity contribution in [2.24, 2.45) is 11.1 Å². The number of dihydropyridines is 1. The Bertz CT molecular complexity index is 1660. The van der Waals surface area contributed by atoms with Gasteiger partial charge in [-0.25, -0.2) is 23.1 Å². The van der Waals surface area contributed by atoms with Gasteiger partial charge in [-0.1, -0.05) is 0 Å². The molecule has 4 aliphatic rings. The number of nitrogens with one attached hydrogen (secondary N) is 3. The number of nitrogens with two attached hydrogens (primary N) is 1. The van der Waals surface area contributed by atoms with E-state index in [0.717, 1.165) is 42.9 Å². The lowest BCUT2D eigenvalue weighted by atomic mass is 9.68. The van der Waals surface area contributed by atoms with Crippen LogP contribution in [0.2, 0.25) is 0 Å². The van der Waals surface area contributed by atoms with Crippen LogP contribution in [0.3, 0.4) is 0 Å². The zero-order valence-electron chi connectivity index (χ0n) is 22.7. The number of hydrogen-bond donors (Lipinski definition) is 4. The van der Waals surface area contributed by atoms with Gasteiger partial charge < -0.3 is 21.7 Å². The van der Waals surface area contributed by atoms with Crippen molar-refractivity contribution in [3.8, 4) is 11.4 Å². The SMILES string of the molecule is NC1(c2ccnc(-c3cnn(S(=O)(=O)C4CC4)c3)n2)C=C(NC2CCC3(CC2)CNC3)C(c2ccn(C(F)F)n2)=CN1. The summed E-state index contributed by atoms with van der Waals surface area (Å²) in [5.41, 5.74) is 8.53. The first-order valence-corrected chi connectivity index (χ1v) is 15.6. The van der Waals surface area contributed by atoms with E-state index in [1.807, 2.05) is 0 Å². The summed E-state index contributed by atoms with van der Waals surface area (Å²) >= 11 is 0. The number of alkyl halides is 2. The average molecular weight is 599 g/mol. The average Bonchev–Trinajstić information content (AvgIpc) is 3.50. The third-order valence-electron chi connectivity index (χ3n) is 8.71. The fraction of sp³-hybridized carbons (Fsp3) is 0.481. The molecular formula is C27H32F2N10O2S. The smallest absolute Gasteiger partial charge is 0.333 e. The Morgan fingerprint density at radius 2 is 1.93 bits per heavy atom. The van der Waals surface area contributed by atoms with Gasteiger partial charge >= 0.3 is 6.55 Å². The molecule has 2 aliphatic heterocycles. The minimum atomic E-state index is -3.53. The van der Waals surface area contributed by atoms with Crippen LogP contribution < -0.4 is 21.7 Å². The maximum Gasteiger partial charge on any atom is 0.333 e. The van der Waals surface area contributed by atoms with Gasteiger partial charge in [0.1, 0.15) is 0 Å². The van der Waals surface area contributed by atoms with E-state index in [1.54, 1.807) is 30.6 Å². The maximum atomic E-state index is 13.3. The zero-order chi connectivity index (χ0) is 29.1. The normalized spacial score (nSPS) is 24.2. The van der Waals surface area contributed by atoms with Gasteiger partial charge in [0.25, 0.3) is 10.0 Å². The van der Waals surface area contributed by atoms with Gasteiger partial charge in [-0.05, 0) is 62.1 Å². The number of allylic oxidation sites excluding steroid dienone is 1. The van der Waals surface area contributed by atoms with Gasteiger partial charge in [0.15, 0.2) is 11.5 Å². The molecule has 15 heteroatoms. The van der Waals surface area contributed by atoms with E-state index in [2.05, 4.69) is 36.1 Å². The highest BCUT2D eigenvalue weighted by Gasteiger charge is 2.41. The Kier molecular flexibility index (Phi) is 6.44. The van der Waals surface area contributed by atoms with Crippen LogP contribution in [0, 0.1) is 5.41 Å². The second-order valence-corrected chi connectivity index (χ2v) is 13.8. The molecule has 1 saturated heterocycles. The summed E-state index contributed by atoms with van der Waals surface area (Å²) in [6.45, 7) is -0.648. The van der Waals surface area contributed by atoms with E-state index >= 15 is 0 Å². The van der Waals surface area contributed by atoms with Gasteiger partial charge in [0.05, 0.1) is 34.6 Å². The molecule has 5 N–H and O–H groups in total. The summed E-state index contributed by atoms with van der Waals surface area (Å²) in [7, 11) is -3.53. The third kappa shape index (κ3) is 4.88. The Balaban J connectivity index is 1.18. The minimum Gasteiger partial charge on any atom is -0.382 e.